The number of nitrogens with one attached hydrogen (secondary N) is 1. The maximum atomic E-state index is 11.5. The summed E-state index contributed by atoms with van der Waals surface area (Å²) in [6.07, 6.45) is 5.79. The van der Waals surface area contributed by atoms with Gasteiger partial charge in [-0.2, -0.15) is 26.3 Å². The molecule has 1 aromatic rings. The minimum atomic E-state index is -6.60. The molecule has 0 bridgehead atoms. The van der Waals surface area contributed by atoms with Crippen molar-refractivity contribution in [3.05, 3.63) is 18.7 Å². The predicted octanol–water partition coefficient (Wildman–Crippen LogP) is -0.420. The van der Waals surface area contributed by atoms with E-state index in [4.69, 9.17) is 5.11 Å². The largest absolute Gasteiger partial charge is 0.512 e. The fourth-order valence-corrected chi connectivity index (χ4v) is 2.90. The van der Waals surface area contributed by atoms with E-state index in [1.165, 1.54) is 0 Å². The Balaban J connectivity index is 0.000000496. The summed E-state index contributed by atoms with van der Waals surface area (Å²) in [5.41, 5.74) is -12.3. The summed E-state index contributed by atoms with van der Waals surface area (Å²) in [6.45, 7) is 0.884. The van der Waals surface area contributed by atoms with Crippen LogP contribution in [0.4, 0.5) is 26.3 Å². The number of nitrogens with zero attached hydrogens (tertiary/aromatic N) is 2. The number of hydrogen-bond acceptors (Lipinski definition) is 5. The van der Waals surface area contributed by atoms with Gasteiger partial charge in [-0.05, 0) is 0 Å². The Labute approximate surface area is 132 Å². The Bertz CT molecular complexity index is 695. The summed E-state index contributed by atoms with van der Waals surface area (Å²) < 4.78 is 112. The monoisotopic (exact) mass is 408 g/mol. The van der Waals surface area contributed by atoms with Gasteiger partial charge in [0.15, 0.2) is 0 Å². The van der Waals surface area contributed by atoms with Crippen molar-refractivity contribution >= 4 is 20.0 Å². The first-order valence-electron chi connectivity index (χ1n) is 5.56. The average molecular weight is 408 g/mol. The van der Waals surface area contributed by atoms with Crippen LogP contribution in [0.5, 0.6) is 0 Å². The van der Waals surface area contributed by atoms with Crippen molar-refractivity contribution in [2.45, 2.75) is 17.6 Å². The van der Waals surface area contributed by atoms with Crippen molar-refractivity contribution in [1.29, 1.82) is 0 Å². The second-order valence-corrected chi connectivity index (χ2v) is 7.63. The van der Waals surface area contributed by atoms with E-state index in [9.17, 15) is 43.2 Å². The summed E-state index contributed by atoms with van der Waals surface area (Å²) in [5, 5.41) is 8.50. The van der Waals surface area contributed by atoms with Crippen LogP contribution in [-0.4, -0.2) is 44.1 Å². The lowest BCUT2D eigenvalue weighted by Gasteiger charge is -2.11. The standard InChI is InChI=1S/C6H11N2O.C2HF6NO4S2/c1-7-2-3-8(6-7)4-5-9;3-1(4,5)14(10,11)9-15(12,13)2(6,7)8/h2-3,6,9H,4-5H2,1H3;9H/q+1;. The summed E-state index contributed by atoms with van der Waals surface area (Å²) in [7, 11) is -11.2. The Morgan fingerprint density at radius 1 is 1.04 bits per heavy atom. The molecule has 0 radical (unpaired) electrons. The highest BCUT2D eigenvalue weighted by Crippen LogP contribution is 2.27. The van der Waals surface area contributed by atoms with E-state index in [-0.39, 0.29) is 6.61 Å². The normalized spacial score (nSPS) is 13.3. The zero-order valence-electron chi connectivity index (χ0n) is 11.7. The van der Waals surface area contributed by atoms with Crippen LogP contribution in [0, 0.1) is 0 Å². The van der Waals surface area contributed by atoms with Crippen molar-refractivity contribution in [3.63, 3.8) is 0 Å². The molecular formula is C8H12F6N3O5S2+. The minimum absolute atomic E-state index is 0.203. The SMILES string of the molecule is C[n+]1ccn(CCO)c1.O=S(=O)(NS(=O)(=O)C(F)(F)F)C(F)(F)F. The van der Waals surface area contributed by atoms with Crippen LogP contribution in [-0.2, 0) is 33.6 Å². The maximum Gasteiger partial charge on any atom is 0.512 e. The van der Waals surface area contributed by atoms with Gasteiger partial charge in [-0.1, -0.05) is 4.13 Å². The van der Waals surface area contributed by atoms with E-state index in [0.717, 1.165) is 0 Å². The Morgan fingerprint density at radius 2 is 1.46 bits per heavy atom. The molecule has 2 N–H and O–H groups in total. The van der Waals surface area contributed by atoms with Crippen molar-refractivity contribution in [2.75, 3.05) is 6.61 Å². The molecule has 0 saturated carbocycles. The number of aliphatic hydroxyl groups is 1. The molecule has 0 amide bonds. The Hall–Kier alpha value is -1.39. The molecule has 0 saturated heterocycles. The highest BCUT2D eigenvalue weighted by atomic mass is 32.3. The van der Waals surface area contributed by atoms with E-state index in [1.807, 2.05) is 34.9 Å². The first-order valence-corrected chi connectivity index (χ1v) is 8.53. The molecule has 142 valence electrons. The molecule has 0 aliphatic heterocycles. The van der Waals surface area contributed by atoms with Gasteiger partial charge in [0.25, 0.3) is 0 Å². The molecule has 0 atom stereocenters. The number of aliphatic hydroxyl groups excluding tert-OH is 1. The highest BCUT2D eigenvalue weighted by Gasteiger charge is 2.55. The lowest BCUT2D eigenvalue weighted by atomic mass is 10.7. The molecule has 8 nitrogen and oxygen atoms in total. The van der Waals surface area contributed by atoms with Gasteiger partial charge in [-0.15, -0.1) is 0 Å². The van der Waals surface area contributed by atoms with Crippen LogP contribution in [0.25, 0.3) is 0 Å². The number of halogens is 6. The van der Waals surface area contributed by atoms with Crippen molar-refractivity contribution in [2.24, 2.45) is 7.05 Å². The topological polar surface area (TPSA) is 109 Å². The number of rotatable bonds is 4. The lowest BCUT2D eigenvalue weighted by Crippen LogP contribution is -2.45. The van der Waals surface area contributed by atoms with E-state index in [2.05, 4.69) is 0 Å². The Morgan fingerprint density at radius 3 is 1.71 bits per heavy atom. The fourth-order valence-electron chi connectivity index (χ4n) is 0.988. The first-order chi connectivity index (χ1) is 10.5. The minimum Gasteiger partial charge on any atom is -0.392 e. The fraction of sp³-hybridized carbons (Fsp3) is 0.625. The first kappa shape index (κ1) is 22.6. The lowest BCUT2D eigenvalue weighted by molar-refractivity contribution is -0.671. The molecule has 1 aromatic heterocycles. The zero-order valence-corrected chi connectivity index (χ0v) is 13.3. The van der Waals surface area contributed by atoms with Crippen LogP contribution < -0.4 is 8.69 Å². The second-order valence-electron chi connectivity index (χ2n) is 4.02. The molecule has 1 rings (SSSR count). The number of sulfonamides is 2. The average Bonchev–Trinajstić information content (AvgIpc) is 2.72. The third kappa shape index (κ3) is 6.62. The van der Waals surface area contributed by atoms with Gasteiger partial charge >= 0.3 is 31.1 Å². The highest BCUT2D eigenvalue weighted by molar-refractivity contribution is 8.05. The predicted molar refractivity (Wildman–Crippen MR) is 65.8 cm³/mol. The van der Waals surface area contributed by atoms with Gasteiger partial charge < -0.3 is 5.11 Å². The maximum absolute atomic E-state index is 11.5. The van der Waals surface area contributed by atoms with Crippen molar-refractivity contribution in [3.8, 4) is 0 Å². The summed E-state index contributed by atoms with van der Waals surface area (Å²) >= 11 is 0. The third-order valence-electron chi connectivity index (χ3n) is 2.01. The van der Waals surface area contributed by atoms with Crippen LogP contribution in [0.1, 0.15) is 0 Å². The Kier molecular flexibility index (Phi) is 7.22. The van der Waals surface area contributed by atoms with E-state index < -0.39 is 35.2 Å². The number of aryl methyl sites for hydroxylation is 1. The van der Waals surface area contributed by atoms with Gasteiger partial charge in [0.2, 0.25) is 6.33 Å². The van der Waals surface area contributed by atoms with Crippen molar-refractivity contribution < 1.29 is 52.9 Å². The van der Waals surface area contributed by atoms with Gasteiger partial charge in [-0.3, -0.25) is 0 Å². The number of aromatic nitrogens is 2. The number of alkyl halides is 6. The number of hydrogen-bond donors (Lipinski definition) is 2. The van der Waals surface area contributed by atoms with Crippen molar-refractivity contribution in [1.82, 2.24) is 8.69 Å². The van der Waals surface area contributed by atoms with E-state index in [0.29, 0.717) is 6.54 Å². The van der Waals surface area contributed by atoms with E-state index >= 15 is 0 Å². The summed E-state index contributed by atoms with van der Waals surface area (Å²) in [6, 6.07) is 0. The van der Waals surface area contributed by atoms with Crippen LogP contribution in [0.2, 0.25) is 0 Å². The quantitative estimate of drug-likeness (QED) is 0.520. The van der Waals surface area contributed by atoms with Crippen LogP contribution in [0.3, 0.4) is 0 Å². The van der Waals surface area contributed by atoms with Gasteiger partial charge in [-0.25, -0.2) is 26.0 Å². The molecule has 1 heterocycles. The zero-order chi connectivity index (χ0) is 19.4. The molecule has 0 aliphatic rings. The van der Waals surface area contributed by atoms with Gasteiger partial charge in [0.05, 0.1) is 13.7 Å². The summed E-state index contributed by atoms with van der Waals surface area (Å²) in [5.74, 6) is 0. The second kappa shape index (κ2) is 7.66. The summed E-state index contributed by atoms with van der Waals surface area (Å²) in [4.78, 5) is 0. The van der Waals surface area contributed by atoms with Gasteiger partial charge in [0, 0.05) is 0 Å². The molecule has 24 heavy (non-hydrogen) atoms. The molecule has 0 aliphatic carbocycles. The third-order valence-corrected chi connectivity index (χ3v) is 4.98. The molecular weight excluding hydrogens is 396 g/mol. The molecule has 16 heteroatoms. The van der Waals surface area contributed by atoms with E-state index in [1.54, 1.807) is 0 Å². The molecule has 0 aromatic carbocycles. The van der Waals surface area contributed by atoms with Crippen LogP contribution in [0.15, 0.2) is 18.7 Å². The molecule has 0 spiro atoms. The molecule has 0 unspecified atom stereocenters. The van der Waals surface area contributed by atoms with Crippen LogP contribution >= 0.6 is 0 Å². The van der Waals surface area contributed by atoms with Gasteiger partial charge in [0.1, 0.15) is 18.9 Å². The smallest absolute Gasteiger partial charge is 0.392 e. The number of imidazole rings is 1. The molecule has 0 fully saturated rings.